The minimum atomic E-state index is -0.273. The molecule has 0 amide bonds. The Kier molecular flexibility index (Phi) is 4.77. The second-order valence-electron chi connectivity index (χ2n) is 9.12. The van der Waals surface area contributed by atoms with Crippen LogP contribution in [-0.4, -0.2) is 26.1 Å². The molecule has 0 aliphatic heterocycles. The lowest BCUT2D eigenvalue weighted by Gasteiger charge is -2.06. The fourth-order valence-corrected chi connectivity index (χ4v) is 5.74. The van der Waals surface area contributed by atoms with Gasteiger partial charge in [-0.25, -0.2) is 9.97 Å². The van der Waals surface area contributed by atoms with E-state index in [1.165, 1.54) is 16.9 Å². The van der Waals surface area contributed by atoms with Crippen molar-refractivity contribution in [1.29, 1.82) is 0 Å². The van der Waals surface area contributed by atoms with Crippen molar-refractivity contribution >= 4 is 50.2 Å². The molecule has 37 heavy (non-hydrogen) atoms. The van der Waals surface area contributed by atoms with Crippen LogP contribution in [0.2, 0.25) is 0 Å². The molecule has 1 aliphatic rings. The highest BCUT2D eigenvalue weighted by molar-refractivity contribution is 7.21. The van der Waals surface area contributed by atoms with Crippen LogP contribution >= 0.6 is 11.3 Å². The molecule has 4 aromatic carbocycles. The number of hydrogen-bond acceptors (Lipinski definition) is 5. The van der Waals surface area contributed by atoms with E-state index in [1.807, 2.05) is 71.3 Å². The van der Waals surface area contributed by atoms with Gasteiger partial charge in [0.05, 0.1) is 5.57 Å². The zero-order chi connectivity index (χ0) is 25.1. The van der Waals surface area contributed by atoms with Crippen LogP contribution in [0.1, 0.15) is 32.1 Å². The monoisotopic (exact) mass is 497 g/mol. The van der Waals surface area contributed by atoms with Crippen molar-refractivity contribution in [2.45, 2.75) is 6.92 Å². The van der Waals surface area contributed by atoms with Gasteiger partial charge in [-0.2, -0.15) is 0 Å². The van der Waals surface area contributed by atoms with Crippen molar-refractivity contribution < 1.29 is 9.59 Å². The maximum absolute atomic E-state index is 13.4. The minimum Gasteiger partial charge on any atom is -0.288 e. The fraction of sp³-hybridized carbons (Fsp3) is 0.0323. The van der Waals surface area contributed by atoms with E-state index in [4.69, 9.17) is 9.97 Å². The van der Waals surface area contributed by atoms with E-state index in [2.05, 4.69) is 31.2 Å². The van der Waals surface area contributed by atoms with E-state index in [9.17, 15) is 9.59 Å². The highest BCUT2D eigenvalue weighted by Gasteiger charge is 2.34. The summed E-state index contributed by atoms with van der Waals surface area (Å²) >= 11 is 1.49. The minimum absolute atomic E-state index is 0.124. The number of Topliss-reactive ketones (excluding diaryl/α,β-unsaturated/α-hetero) is 2. The quantitative estimate of drug-likeness (QED) is 0.194. The summed E-state index contributed by atoms with van der Waals surface area (Å²) in [6, 6.07) is 29.4. The molecular weight excluding hydrogens is 478 g/mol. The van der Waals surface area contributed by atoms with Crippen molar-refractivity contribution in [2.24, 2.45) is 0 Å². The predicted octanol–water partition coefficient (Wildman–Crippen LogP) is 7.07. The molecule has 0 spiro atoms. The van der Waals surface area contributed by atoms with E-state index >= 15 is 0 Å². The van der Waals surface area contributed by atoms with Crippen LogP contribution in [0.25, 0.3) is 43.6 Å². The van der Waals surface area contributed by atoms with Gasteiger partial charge in [0, 0.05) is 22.4 Å². The van der Waals surface area contributed by atoms with Crippen molar-refractivity contribution in [3.05, 3.63) is 119 Å². The molecular formula is C31H19N3O2S. The van der Waals surface area contributed by atoms with Gasteiger partial charge in [0.15, 0.2) is 22.0 Å². The van der Waals surface area contributed by atoms with Crippen LogP contribution in [0.4, 0.5) is 0 Å². The second-order valence-corrected chi connectivity index (χ2v) is 10.1. The second kappa shape index (κ2) is 8.18. The Morgan fingerprint density at radius 1 is 0.757 bits per heavy atom. The lowest BCUT2D eigenvalue weighted by atomic mass is 10.0. The van der Waals surface area contributed by atoms with Crippen LogP contribution in [-0.2, 0) is 0 Å². The average Bonchev–Trinajstić information content (AvgIpc) is 3.55. The van der Waals surface area contributed by atoms with Crippen LogP contribution < -0.4 is 0 Å². The third-order valence-corrected chi connectivity index (χ3v) is 7.69. The highest BCUT2D eigenvalue weighted by atomic mass is 32.1. The Morgan fingerprint density at radius 2 is 1.38 bits per heavy atom. The van der Waals surface area contributed by atoms with E-state index in [-0.39, 0.29) is 17.1 Å². The summed E-state index contributed by atoms with van der Waals surface area (Å²) in [7, 11) is 0. The number of carbonyl (C=O) groups is 2. The van der Waals surface area contributed by atoms with Crippen LogP contribution in [0.3, 0.4) is 0 Å². The Morgan fingerprint density at radius 3 is 2.03 bits per heavy atom. The van der Waals surface area contributed by atoms with Gasteiger partial charge >= 0.3 is 0 Å². The third kappa shape index (κ3) is 3.45. The molecule has 7 rings (SSSR count). The van der Waals surface area contributed by atoms with E-state index < -0.39 is 0 Å². The number of carbonyl (C=O) groups excluding carboxylic acids is 2. The molecule has 0 radical (unpaired) electrons. The number of allylic oxidation sites excluding steroid dienone is 1. The molecule has 0 fully saturated rings. The number of thiazole rings is 1. The largest absolute Gasteiger partial charge is 0.288 e. The van der Waals surface area contributed by atoms with Gasteiger partial charge in [-0.05, 0) is 48.0 Å². The number of ketones is 2. The zero-order valence-corrected chi connectivity index (χ0v) is 20.6. The first-order chi connectivity index (χ1) is 18.1. The van der Waals surface area contributed by atoms with Crippen molar-refractivity contribution in [3.63, 3.8) is 0 Å². The summed E-state index contributed by atoms with van der Waals surface area (Å²) in [4.78, 5) is 37.3. The number of nitrogens with zero attached hydrogens (tertiary/aromatic N) is 3. The zero-order valence-electron chi connectivity index (χ0n) is 19.8. The number of imidazole rings is 1. The number of aryl methyl sites for hydroxylation is 1. The van der Waals surface area contributed by atoms with Crippen molar-refractivity contribution in [1.82, 2.24) is 14.5 Å². The Hall–Kier alpha value is -4.68. The van der Waals surface area contributed by atoms with Crippen molar-refractivity contribution in [3.8, 4) is 16.3 Å². The molecule has 2 heterocycles. The normalized spacial score (nSPS) is 13.1. The molecule has 6 heteroatoms. The molecule has 5 nitrogen and oxygen atoms in total. The van der Waals surface area contributed by atoms with Crippen LogP contribution in [0.5, 0.6) is 0 Å². The number of para-hydroxylation sites is 1. The van der Waals surface area contributed by atoms with E-state index in [0.29, 0.717) is 22.6 Å². The topological polar surface area (TPSA) is 64.8 Å². The number of hydrogen-bond donors (Lipinski definition) is 0. The Labute approximate surface area is 216 Å². The Balaban J connectivity index is 1.39. The SMILES string of the molecule is Cc1ccc(-c2nc3c(nc(C=C4C(=O)c5cc6ccccc6cc5C4=O)n3-c3ccccc3)s2)cc1. The molecule has 0 saturated carbocycles. The number of benzene rings is 4. The summed E-state index contributed by atoms with van der Waals surface area (Å²) in [5, 5.41) is 2.74. The lowest BCUT2D eigenvalue weighted by molar-refractivity contribution is 0.0990. The fourth-order valence-electron chi connectivity index (χ4n) is 4.80. The maximum atomic E-state index is 13.4. The van der Waals surface area contributed by atoms with Gasteiger partial charge in [-0.1, -0.05) is 83.6 Å². The molecule has 0 unspecified atom stereocenters. The molecule has 0 saturated heterocycles. The smallest absolute Gasteiger partial charge is 0.197 e. The summed E-state index contributed by atoms with van der Waals surface area (Å²) in [6.45, 7) is 2.05. The molecule has 2 aromatic heterocycles. The van der Waals surface area contributed by atoms with Gasteiger partial charge in [0.25, 0.3) is 0 Å². The summed E-state index contributed by atoms with van der Waals surface area (Å²) in [5.41, 5.74) is 4.77. The van der Waals surface area contributed by atoms with E-state index in [1.54, 1.807) is 6.08 Å². The summed E-state index contributed by atoms with van der Waals surface area (Å²) in [5.74, 6) is -0.0421. The number of fused-ring (bicyclic) bond motifs is 3. The molecule has 0 N–H and O–H groups in total. The molecule has 6 aromatic rings. The van der Waals surface area contributed by atoms with Gasteiger partial charge in [-0.3, -0.25) is 14.2 Å². The van der Waals surface area contributed by atoms with Gasteiger partial charge in [-0.15, -0.1) is 0 Å². The van der Waals surface area contributed by atoms with E-state index in [0.717, 1.165) is 31.9 Å². The third-order valence-electron chi connectivity index (χ3n) is 6.70. The maximum Gasteiger partial charge on any atom is 0.197 e. The van der Waals surface area contributed by atoms with Crippen molar-refractivity contribution in [2.75, 3.05) is 0 Å². The average molecular weight is 498 g/mol. The lowest BCUT2D eigenvalue weighted by Crippen LogP contribution is -2.04. The Bertz CT molecular complexity index is 1860. The summed E-state index contributed by atoms with van der Waals surface area (Å²) < 4.78 is 1.91. The molecule has 0 bridgehead atoms. The number of aromatic nitrogens is 3. The first kappa shape index (κ1) is 21.6. The van der Waals surface area contributed by atoms with Crippen LogP contribution in [0, 0.1) is 6.92 Å². The van der Waals surface area contributed by atoms with Gasteiger partial charge < -0.3 is 0 Å². The van der Waals surface area contributed by atoms with Crippen LogP contribution in [0.15, 0.2) is 96.6 Å². The molecule has 176 valence electrons. The first-order valence-electron chi connectivity index (χ1n) is 11.9. The van der Waals surface area contributed by atoms with Gasteiger partial charge in [0.1, 0.15) is 10.8 Å². The first-order valence-corrected chi connectivity index (χ1v) is 12.7. The van der Waals surface area contributed by atoms with Gasteiger partial charge in [0.2, 0.25) is 0 Å². The standard InChI is InChI=1S/C31H19N3O2S/c1-18-11-13-19(14-12-18)30-33-29-31(37-30)32-26(34(29)22-9-3-2-4-10-22)17-25-27(35)23-15-20-7-5-6-8-21(20)16-24(23)28(25)36/h2-17H,1H3. The number of rotatable bonds is 3. The highest BCUT2D eigenvalue weighted by Crippen LogP contribution is 2.35. The predicted molar refractivity (Wildman–Crippen MR) is 148 cm³/mol. The molecule has 1 aliphatic carbocycles. The summed E-state index contributed by atoms with van der Waals surface area (Å²) in [6.07, 6.45) is 1.61. The molecule has 0 atom stereocenters.